The van der Waals surface area contributed by atoms with E-state index in [9.17, 15) is 8.42 Å². The summed E-state index contributed by atoms with van der Waals surface area (Å²) in [5, 5.41) is 6.58. The van der Waals surface area contributed by atoms with Crippen molar-refractivity contribution in [2.75, 3.05) is 39.0 Å². The van der Waals surface area contributed by atoms with Gasteiger partial charge in [0.05, 0.1) is 5.75 Å². The van der Waals surface area contributed by atoms with Crippen LogP contribution in [0.15, 0.2) is 4.99 Å². The highest BCUT2D eigenvalue weighted by Gasteiger charge is 2.31. The molecule has 3 fully saturated rings. The Kier molecular flexibility index (Phi) is 8.89. The van der Waals surface area contributed by atoms with E-state index in [1.807, 2.05) is 0 Å². The first-order chi connectivity index (χ1) is 12.1. The van der Waals surface area contributed by atoms with Gasteiger partial charge in [0.15, 0.2) is 5.96 Å². The number of likely N-dealkylation sites (tertiary alicyclic amines) is 1. The number of rotatable bonds is 8. The molecule has 0 atom stereocenters. The van der Waals surface area contributed by atoms with Crippen LogP contribution in [0.4, 0.5) is 0 Å². The molecule has 0 amide bonds. The van der Waals surface area contributed by atoms with Crippen molar-refractivity contribution in [2.24, 2.45) is 10.9 Å². The van der Waals surface area contributed by atoms with Crippen LogP contribution in [0.5, 0.6) is 0 Å². The maximum absolute atomic E-state index is 12.0. The number of nitrogens with zero attached hydrogens (tertiary/aromatic N) is 2. The topological polar surface area (TPSA) is 85.8 Å². The predicted octanol–water partition coefficient (Wildman–Crippen LogP) is 1.12. The van der Waals surface area contributed by atoms with Crippen LogP contribution >= 0.6 is 24.0 Å². The molecule has 26 heavy (non-hydrogen) atoms. The molecule has 1 heterocycles. The molecule has 1 aliphatic heterocycles. The molecule has 152 valence electrons. The lowest BCUT2D eigenvalue weighted by Gasteiger charge is -2.33. The number of nitrogens with one attached hydrogen (secondary N) is 3. The predicted molar refractivity (Wildman–Crippen MR) is 117 cm³/mol. The molecule has 2 aliphatic carbocycles. The number of guanidine groups is 1. The molecule has 3 rings (SSSR count). The van der Waals surface area contributed by atoms with Crippen LogP contribution in [0, 0.1) is 5.92 Å². The number of hydrogen-bond donors (Lipinski definition) is 3. The summed E-state index contributed by atoms with van der Waals surface area (Å²) in [6.07, 6.45) is 8.51. The molecule has 0 spiro atoms. The van der Waals surface area contributed by atoms with Crippen molar-refractivity contribution in [1.29, 1.82) is 0 Å². The molecule has 0 aromatic carbocycles. The van der Waals surface area contributed by atoms with Gasteiger partial charge in [0.1, 0.15) is 0 Å². The molecular formula is C17H34IN5O2S. The summed E-state index contributed by atoms with van der Waals surface area (Å²) in [6.45, 7) is 3.27. The summed E-state index contributed by atoms with van der Waals surface area (Å²) in [6, 6.07) is 1.27. The Morgan fingerprint density at radius 1 is 1.12 bits per heavy atom. The third-order valence-electron chi connectivity index (χ3n) is 5.64. The lowest BCUT2D eigenvalue weighted by molar-refractivity contribution is 0.197. The fraction of sp³-hybridized carbons (Fsp3) is 0.941. The highest BCUT2D eigenvalue weighted by molar-refractivity contribution is 14.0. The first-order valence-corrected chi connectivity index (χ1v) is 11.4. The van der Waals surface area contributed by atoms with Crippen LogP contribution in [0.3, 0.4) is 0 Å². The maximum Gasteiger partial charge on any atom is 0.213 e. The largest absolute Gasteiger partial charge is 0.355 e. The summed E-state index contributed by atoms with van der Waals surface area (Å²) in [4.78, 5) is 6.82. The smallest absolute Gasteiger partial charge is 0.213 e. The maximum atomic E-state index is 12.0. The van der Waals surface area contributed by atoms with E-state index in [1.54, 1.807) is 7.05 Å². The van der Waals surface area contributed by atoms with Crippen LogP contribution in [-0.2, 0) is 10.0 Å². The molecule has 2 saturated carbocycles. The minimum absolute atomic E-state index is 0. The number of hydrogen-bond acceptors (Lipinski definition) is 4. The first-order valence-electron chi connectivity index (χ1n) is 9.74. The molecule has 0 aromatic heterocycles. The molecule has 0 bridgehead atoms. The number of piperidine rings is 1. The van der Waals surface area contributed by atoms with Crippen LogP contribution in [0.25, 0.3) is 0 Å². The first kappa shape index (κ1) is 22.2. The lowest BCUT2D eigenvalue weighted by Crippen LogP contribution is -2.50. The standard InChI is InChI=1S/C17H33N5O2S.HI/c1-18-17(21-15-7-10-22(11-8-15)16-5-6-16)19-9-12-25(23,24)20-13-14-3-2-4-14;/h14-16,20H,2-13H2,1H3,(H2,18,19,21);1H. The molecular weight excluding hydrogens is 465 g/mol. The van der Waals surface area contributed by atoms with Crippen molar-refractivity contribution in [3.63, 3.8) is 0 Å². The van der Waals surface area contributed by atoms with E-state index < -0.39 is 10.0 Å². The van der Waals surface area contributed by atoms with Gasteiger partial charge in [0, 0.05) is 45.3 Å². The Balaban J connectivity index is 0.00000243. The monoisotopic (exact) mass is 499 g/mol. The van der Waals surface area contributed by atoms with Crippen LogP contribution in [0.2, 0.25) is 0 Å². The van der Waals surface area contributed by atoms with Gasteiger partial charge >= 0.3 is 0 Å². The Bertz CT molecular complexity index is 556. The van der Waals surface area contributed by atoms with E-state index in [0.29, 0.717) is 31.0 Å². The zero-order valence-corrected chi connectivity index (χ0v) is 18.9. The van der Waals surface area contributed by atoms with E-state index in [2.05, 4.69) is 25.2 Å². The minimum Gasteiger partial charge on any atom is -0.355 e. The summed E-state index contributed by atoms with van der Waals surface area (Å²) in [7, 11) is -1.47. The average molecular weight is 499 g/mol. The quantitative estimate of drug-likeness (QED) is 0.265. The summed E-state index contributed by atoms with van der Waals surface area (Å²) in [5.41, 5.74) is 0. The zero-order chi connectivity index (χ0) is 17.7. The van der Waals surface area contributed by atoms with Gasteiger partial charge < -0.3 is 15.5 Å². The Morgan fingerprint density at radius 3 is 2.35 bits per heavy atom. The molecule has 1 saturated heterocycles. The third-order valence-corrected chi connectivity index (χ3v) is 6.99. The van der Waals surface area contributed by atoms with Crippen LogP contribution < -0.4 is 15.4 Å². The third kappa shape index (κ3) is 7.12. The van der Waals surface area contributed by atoms with Crippen molar-refractivity contribution >= 4 is 40.0 Å². The minimum atomic E-state index is -3.20. The highest BCUT2D eigenvalue weighted by atomic mass is 127. The van der Waals surface area contributed by atoms with E-state index in [0.717, 1.165) is 44.8 Å². The fourth-order valence-electron chi connectivity index (χ4n) is 3.55. The molecule has 0 radical (unpaired) electrons. The molecule has 9 heteroatoms. The Morgan fingerprint density at radius 2 is 1.81 bits per heavy atom. The number of halogens is 1. The van der Waals surface area contributed by atoms with Crippen molar-refractivity contribution in [1.82, 2.24) is 20.3 Å². The van der Waals surface area contributed by atoms with Gasteiger partial charge in [0.2, 0.25) is 10.0 Å². The highest BCUT2D eigenvalue weighted by Crippen LogP contribution is 2.29. The second-order valence-corrected chi connectivity index (χ2v) is 9.58. The molecule has 0 aromatic rings. The number of aliphatic imine (C=N–C) groups is 1. The molecule has 7 nitrogen and oxygen atoms in total. The molecule has 3 aliphatic rings. The second kappa shape index (κ2) is 10.4. The van der Waals surface area contributed by atoms with Gasteiger partial charge in [0.25, 0.3) is 0 Å². The van der Waals surface area contributed by atoms with Crippen molar-refractivity contribution < 1.29 is 8.42 Å². The number of sulfonamides is 1. The van der Waals surface area contributed by atoms with Gasteiger partial charge in [-0.25, -0.2) is 13.1 Å². The SMILES string of the molecule is CN=C(NCCS(=O)(=O)NCC1CCC1)NC1CCN(C2CC2)CC1.I. The van der Waals surface area contributed by atoms with Crippen LogP contribution in [-0.4, -0.2) is 70.3 Å². The Labute approximate surface area is 175 Å². The Hall–Kier alpha value is -0.130. The fourth-order valence-corrected chi connectivity index (χ4v) is 4.56. The van der Waals surface area contributed by atoms with Crippen molar-refractivity contribution in [2.45, 2.75) is 57.0 Å². The normalized spacial score (nSPS) is 23.2. The van der Waals surface area contributed by atoms with Gasteiger partial charge in [-0.05, 0) is 44.4 Å². The summed E-state index contributed by atoms with van der Waals surface area (Å²) in [5.74, 6) is 1.33. The zero-order valence-electron chi connectivity index (χ0n) is 15.7. The van der Waals surface area contributed by atoms with Gasteiger partial charge in [-0.15, -0.1) is 24.0 Å². The van der Waals surface area contributed by atoms with E-state index in [-0.39, 0.29) is 29.7 Å². The second-order valence-electron chi connectivity index (χ2n) is 7.65. The van der Waals surface area contributed by atoms with Crippen molar-refractivity contribution in [3.05, 3.63) is 0 Å². The van der Waals surface area contributed by atoms with Crippen molar-refractivity contribution in [3.8, 4) is 0 Å². The lowest BCUT2D eigenvalue weighted by atomic mass is 9.86. The van der Waals surface area contributed by atoms with Gasteiger partial charge in [-0.2, -0.15) is 0 Å². The van der Waals surface area contributed by atoms with Crippen LogP contribution in [0.1, 0.15) is 44.9 Å². The van der Waals surface area contributed by atoms with E-state index in [1.165, 1.54) is 19.3 Å². The molecule has 3 N–H and O–H groups in total. The average Bonchev–Trinajstić information content (AvgIpc) is 3.37. The van der Waals surface area contributed by atoms with Gasteiger partial charge in [-0.3, -0.25) is 4.99 Å². The van der Waals surface area contributed by atoms with E-state index in [4.69, 9.17) is 0 Å². The summed E-state index contributed by atoms with van der Waals surface area (Å²) < 4.78 is 26.8. The summed E-state index contributed by atoms with van der Waals surface area (Å²) >= 11 is 0. The molecule has 0 unspecified atom stereocenters. The van der Waals surface area contributed by atoms with E-state index >= 15 is 0 Å². The van der Waals surface area contributed by atoms with Gasteiger partial charge in [-0.1, -0.05) is 6.42 Å².